The van der Waals surface area contributed by atoms with Crippen LogP contribution in [0.2, 0.25) is 0 Å². The molecule has 0 saturated carbocycles. The lowest BCUT2D eigenvalue weighted by molar-refractivity contribution is -0.0102. The van der Waals surface area contributed by atoms with Crippen molar-refractivity contribution >= 4 is 17.1 Å². The number of nitrogens with zero attached hydrogens (tertiary/aromatic N) is 6. The number of aliphatic hydroxyl groups is 1. The van der Waals surface area contributed by atoms with Gasteiger partial charge in [-0.05, 0) is 51.0 Å². The number of alkyl halides is 3. The first kappa shape index (κ1) is 29.0. The van der Waals surface area contributed by atoms with Crippen molar-refractivity contribution in [2.45, 2.75) is 57.0 Å². The van der Waals surface area contributed by atoms with Gasteiger partial charge in [0.05, 0.1) is 58.7 Å². The molecule has 1 aliphatic heterocycles. The zero-order chi connectivity index (χ0) is 30.0. The molecule has 220 valence electrons. The zero-order valence-corrected chi connectivity index (χ0v) is 22.6. The predicted molar refractivity (Wildman–Crippen MR) is 141 cm³/mol. The van der Waals surface area contributed by atoms with Gasteiger partial charge >= 0.3 is 6.43 Å². The van der Waals surface area contributed by atoms with E-state index in [0.29, 0.717) is 41.0 Å². The molecule has 1 unspecified atom stereocenters. The maximum absolute atomic E-state index is 14.3. The van der Waals surface area contributed by atoms with Crippen LogP contribution in [0, 0.1) is 11.3 Å². The molecule has 12 nitrogen and oxygen atoms in total. The van der Waals surface area contributed by atoms with Crippen LogP contribution >= 0.6 is 0 Å². The third kappa shape index (κ3) is 6.19. The fraction of sp³-hybridized carbons (Fsp3) is 0.407. The van der Waals surface area contributed by atoms with Gasteiger partial charge in [-0.3, -0.25) is 9.78 Å². The second-order valence-electron chi connectivity index (χ2n) is 10.4. The molecule has 3 atom stereocenters. The predicted octanol–water partition coefficient (Wildman–Crippen LogP) is 3.76. The van der Waals surface area contributed by atoms with Crippen LogP contribution in [0.4, 0.5) is 18.9 Å². The Morgan fingerprint density at radius 3 is 2.71 bits per heavy atom. The Morgan fingerprint density at radius 2 is 2.05 bits per heavy atom. The Kier molecular flexibility index (Phi) is 8.10. The highest BCUT2D eigenvalue weighted by Crippen LogP contribution is 2.32. The molecule has 1 saturated heterocycles. The van der Waals surface area contributed by atoms with Crippen LogP contribution < -0.4 is 10.6 Å². The number of aromatic nitrogens is 5. The van der Waals surface area contributed by atoms with Crippen molar-refractivity contribution in [3.05, 3.63) is 59.6 Å². The molecule has 1 fully saturated rings. The van der Waals surface area contributed by atoms with Gasteiger partial charge in [0.25, 0.3) is 11.8 Å². The molecule has 0 spiro atoms. The topological polar surface area (TPSA) is 163 Å². The zero-order valence-electron chi connectivity index (χ0n) is 22.6. The summed E-state index contributed by atoms with van der Waals surface area (Å²) in [6.07, 6.45) is -1.58. The van der Waals surface area contributed by atoms with Crippen molar-refractivity contribution in [3.8, 4) is 17.5 Å². The number of nitriles is 1. The fourth-order valence-corrected chi connectivity index (χ4v) is 4.42. The molecule has 5 rings (SSSR count). The van der Waals surface area contributed by atoms with Gasteiger partial charge in [-0.25, -0.2) is 8.91 Å². The number of anilines is 1. The minimum absolute atomic E-state index is 0.0326. The van der Waals surface area contributed by atoms with Crippen LogP contribution in [0.5, 0.6) is 0 Å². The highest BCUT2D eigenvalue weighted by molar-refractivity contribution is 6.00. The average Bonchev–Trinajstić information content (AvgIpc) is 3.63. The van der Waals surface area contributed by atoms with Crippen LogP contribution in [0.15, 0.2) is 41.1 Å². The van der Waals surface area contributed by atoms with Gasteiger partial charge in [-0.2, -0.15) is 19.1 Å². The molecule has 15 heteroatoms. The van der Waals surface area contributed by atoms with Gasteiger partial charge in [0.15, 0.2) is 0 Å². The summed E-state index contributed by atoms with van der Waals surface area (Å²) >= 11 is 0. The van der Waals surface area contributed by atoms with Crippen molar-refractivity contribution in [1.82, 2.24) is 30.1 Å². The smallest absolute Gasteiger partial charge is 0.314 e. The lowest BCUT2D eigenvalue weighted by Gasteiger charge is -2.29. The summed E-state index contributed by atoms with van der Waals surface area (Å²) in [7, 11) is 0. The Labute approximate surface area is 237 Å². The normalized spacial score (nSPS) is 18.1. The van der Waals surface area contributed by atoms with Gasteiger partial charge in [0.1, 0.15) is 18.3 Å². The van der Waals surface area contributed by atoms with Crippen LogP contribution in [0.25, 0.3) is 16.9 Å². The van der Waals surface area contributed by atoms with Crippen LogP contribution in [-0.4, -0.2) is 66.8 Å². The summed E-state index contributed by atoms with van der Waals surface area (Å²) in [4.78, 5) is 17.5. The summed E-state index contributed by atoms with van der Waals surface area (Å²) < 4.78 is 52.4. The second kappa shape index (κ2) is 11.7. The van der Waals surface area contributed by atoms with Gasteiger partial charge in [-0.1, -0.05) is 0 Å². The number of nitrogens with one attached hydrogen (secondary N) is 2. The molecule has 42 heavy (non-hydrogen) atoms. The Hall–Kier alpha value is -4.55. The molecule has 0 radical (unpaired) electrons. The molecule has 0 aromatic carbocycles. The van der Waals surface area contributed by atoms with Crippen LogP contribution in [0.3, 0.4) is 0 Å². The lowest BCUT2D eigenvalue weighted by Crippen LogP contribution is -2.42. The minimum atomic E-state index is -2.88. The summed E-state index contributed by atoms with van der Waals surface area (Å²) in [6, 6.07) is 8.63. The van der Waals surface area contributed by atoms with Gasteiger partial charge in [-0.15, -0.1) is 10.2 Å². The molecule has 1 aliphatic rings. The Morgan fingerprint density at radius 1 is 1.24 bits per heavy atom. The summed E-state index contributed by atoms with van der Waals surface area (Å²) in [5.41, 5.74) is 0.994. The molecule has 5 heterocycles. The van der Waals surface area contributed by atoms with E-state index in [1.807, 2.05) is 6.07 Å². The number of rotatable bonds is 9. The Bertz CT molecular complexity index is 1620. The van der Waals surface area contributed by atoms with Crippen molar-refractivity contribution in [3.63, 3.8) is 0 Å². The highest BCUT2D eigenvalue weighted by Gasteiger charge is 2.30. The number of hydrogen-bond donors (Lipinski definition) is 3. The van der Waals surface area contributed by atoms with Gasteiger partial charge in [0.2, 0.25) is 5.89 Å². The number of halogens is 3. The van der Waals surface area contributed by atoms with Crippen LogP contribution in [-0.2, 0) is 4.74 Å². The van der Waals surface area contributed by atoms with E-state index >= 15 is 0 Å². The molecule has 0 bridgehead atoms. The molecule has 4 aromatic heterocycles. The number of carbonyl (C=O) groups is 1. The first-order chi connectivity index (χ1) is 20.0. The SMILES string of the molecule is CC(C)(O)C(F)CNC(=O)c1cnc(-c2ccc3cc(C#N)cnn23)cc1N[C@@H]1CC[C@@H](c2nnc(C(F)F)o2)OC1. The van der Waals surface area contributed by atoms with E-state index in [-0.39, 0.29) is 24.1 Å². The quantitative estimate of drug-likeness (QED) is 0.264. The molecule has 3 N–H and O–H groups in total. The first-order valence-corrected chi connectivity index (χ1v) is 13.1. The van der Waals surface area contributed by atoms with E-state index < -0.39 is 42.6 Å². The third-order valence-corrected chi connectivity index (χ3v) is 6.80. The third-order valence-electron chi connectivity index (χ3n) is 6.80. The van der Waals surface area contributed by atoms with Gasteiger partial charge in [0, 0.05) is 12.2 Å². The molecule has 1 amide bonds. The number of pyridine rings is 1. The van der Waals surface area contributed by atoms with E-state index in [1.165, 1.54) is 26.2 Å². The van der Waals surface area contributed by atoms with Gasteiger partial charge < -0.3 is 24.9 Å². The molecule has 4 aromatic rings. The fourth-order valence-electron chi connectivity index (χ4n) is 4.42. The number of amides is 1. The average molecular weight is 585 g/mol. The standard InChI is InChI=1S/C27H27F3N8O4/c1-27(2,40)22(28)12-33-24(39)17-11-32-19(20-5-4-16-7-14(9-31)10-34-38(16)20)8-18(17)35-15-3-6-21(41-13-15)25-36-37-26(42-25)23(29)30/h4-5,7-8,10-11,15,21-23,40H,3,6,12-13H2,1-2H3,(H,32,35)(H,33,39)/t15-,21+,22?/m1/s1. The van der Waals surface area contributed by atoms with E-state index in [2.05, 4.69) is 30.9 Å². The highest BCUT2D eigenvalue weighted by atomic mass is 19.3. The molecule has 0 aliphatic carbocycles. The minimum Gasteiger partial charge on any atom is -0.417 e. The van der Waals surface area contributed by atoms with E-state index in [4.69, 9.17) is 9.15 Å². The monoisotopic (exact) mass is 584 g/mol. The van der Waals surface area contributed by atoms with E-state index in [0.717, 1.165) is 0 Å². The lowest BCUT2D eigenvalue weighted by atomic mass is 10.0. The number of carbonyl (C=O) groups excluding carboxylic acids is 1. The number of ether oxygens (including phenoxy) is 1. The maximum Gasteiger partial charge on any atom is 0.314 e. The largest absolute Gasteiger partial charge is 0.417 e. The molecular weight excluding hydrogens is 557 g/mol. The van der Waals surface area contributed by atoms with E-state index in [1.54, 1.807) is 28.8 Å². The number of fused-ring (bicyclic) bond motifs is 1. The van der Waals surface area contributed by atoms with E-state index in [9.17, 15) is 28.3 Å². The number of hydrogen-bond acceptors (Lipinski definition) is 10. The molecular formula is C27H27F3N8O4. The van der Waals surface area contributed by atoms with Crippen LogP contribution in [0.1, 0.15) is 66.9 Å². The summed E-state index contributed by atoms with van der Waals surface area (Å²) in [5.74, 6) is -1.42. The van der Waals surface area contributed by atoms with Crippen molar-refractivity contribution < 1.29 is 32.2 Å². The van der Waals surface area contributed by atoms with Crippen molar-refractivity contribution in [2.24, 2.45) is 0 Å². The van der Waals surface area contributed by atoms with Crippen molar-refractivity contribution in [1.29, 1.82) is 5.26 Å². The Balaban J connectivity index is 1.38. The van der Waals surface area contributed by atoms with Crippen molar-refractivity contribution in [2.75, 3.05) is 18.5 Å². The first-order valence-electron chi connectivity index (χ1n) is 13.1. The summed E-state index contributed by atoms with van der Waals surface area (Å²) in [6.45, 7) is 2.33. The second-order valence-corrected chi connectivity index (χ2v) is 10.4. The summed E-state index contributed by atoms with van der Waals surface area (Å²) in [5, 5.41) is 36.2. The maximum atomic E-state index is 14.3.